The number of carbonyl (C=O) groups is 3. The summed E-state index contributed by atoms with van der Waals surface area (Å²) in [7, 11) is 5.83. The third kappa shape index (κ3) is 14.4. The zero-order valence-electron chi connectivity index (χ0n) is 24.4. The number of hydrogen-bond acceptors (Lipinski definition) is 13. The monoisotopic (exact) mass is 832 g/mol. The number of aromatic hydroxyl groups is 1. The van der Waals surface area contributed by atoms with Gasteiger partial charge in [0.1, 0.15) is 13.8 Å². The molecule has 0 saturated carbocycles. The molecule has 0 unspecified atom stereocenters. The van der Waals surface area contributed by atoms with Gasteiger partial charge in [0.05, 0.1) is 39.6 Å². The number of aromatic amines is 1. The van der Waals surface area contributed by atoms with Gasteiger partial charge in [0.15, 0.2) is 5.88 Å². The fraction of sp³-hybridized carbons (Fsp3) is 0.148. The summed E-state index contributed by atoms with van der Waals surface area (Å²) >= 11 is 9.46. The second kappa shape index (κ2) is 19.6. The number of aromatic nitrogens is 4. The maximum absolute atomic E-state index is 11.1. The normalized spacial score (nSPS) is 9.46. The Kier molecular flexibility index (Phi) is 16.7. The van der Waals surface area contributed by atoms with E-state index < -0.39 is 29.3 Å². The number of nitrogens with zero attached hydrogens (tertiary/aromatic N) is 3. The van der Waals surface area contributed by atoms with Crippen LogP contribution in [0.1, 0.15) is 31.1 Å². The number of hydrogen-bond donors (Lipinski definition) is 5. The average Bonchev–Trinajstić information content (AvgIpc) is 2.99. The molecule has 0 spiro atoms. The molecular weight excluding hydrogens is 808 g/mol. The van der Waals surface area contributed by atoms with E-state index in [9.17, 15) is 19.2 Å². The molecule has 1 amide bonds. The number of nitrogens with two attached hydrogens (primary N) is 2. The van der Waals surface area contributed by atoms with Crippen molar-refractivity contribution in [2.45, 2.75) is 0 Å². The lowest BCUT2D eigenvalue weighted by Crippen LogP contribution is -2.11. The molecule has 0 fully saturated rings. The van der Waals surface area contributed by atoms with Crippen LogP contribution < -0.4 is 31.2 Å². The Morgan fingerprint density at radius 3 is 1.59 bits per heavy atom. The number of ether oxygens (including phenoxy) is 4. The first kappa shape index (κ1) is 39.3. The number of carboxylic acid groups (broad SMARTS) is 1. The van der Waals surface area contributed by atoms with Crippen LogP contribution in [0.5, 0.6) is 23.5 Å². The first-order valence-electron chi connectivity index (χ1n) is 12.1. The maximum Gasteiger partial charge on any atom is 0.338 e. The SMILES string of the molecule is COC(=O)c1cc(Br)nc(OC)c1.COc1cc(C(N)=O)cc(Br)n1.COc1cc(N)cc(Br)n1.O=C(O)c1cc(O)[nH]c(=O)c1. The number of aromatic carboxylic acids is 1. The van der Waals surface area contributed by atoms with Crippen molar-refractivity contribution >= 4 is 71.3 Å². The fourth-order valence-electron chi connectivity index (χ4n) is 2.78. The highest BCUT2D eigenvalue weighted by Gasteiger charge is 2.09. The van der Waals surface area contributed by atoms with Gasteiger partial charge in [0, 0.05) is 41.6 Å². The molecule has 246 valence electrons. The number of carbonyl (C=O) groups excluding carboxylic acids is 2. The van der Waals surface area contributed by atoms with Crippen molar-refractivity contribution < 1.29 is 43.5 Å². The number of carboxylic acids is 1. The molecular formula is C27H27Br3N6O10. The Labute approximate surface area is 286 Å². The van der Waals surface area contributed by atoms with E-state index in [-0.39, 0.29) is 5.56 Å². The van der Waals surface area contributed by atoms with Crippen molar-refractivity contribution in [2.75, 3.05) is 34.2 Å². The van der Waals surface area contributed by atoms with Crippen LogP contribution in [-0.2, 0) is 4.74 Å². The lowest BCUT2D eigenvalue weighted by atomic mass is 10.2. The van der Waals surface area contributed by atoms with Gasteiger partial charge in [0.25, 0.3) is 5.56 Å². The number of rotatable bonds is 6. The molecule has 0 saturated heterocycles. The molecule has 0 aliphatic carbocycles. The van der Waals surface area contributed by atoms with E-state index in [0.29, 0.717) is 48.3 Å². The van der Waals surface area contributed by atoms with Gasteiger partial charge in [-0.2, -0.15) is 0 Å². The lowest BCUT2D eigenvalue weighted by Gasteiger charge is -2.02. The highest BCUT2D eigenvalue weighted by molar-refractivity contribution is 9.11. The predicted octanol–water partition coefficient (Wildman–Crippen LogP) is 3.80. The highest BCUT2D eigenvalue weighted by Crippen LogP contribution is 2.18. The van der Waals surface area contributed by atoms with Gasteiger partial charge in [-0.05, 0) is 66.0 Å². The Morgan fingerprint density at radius 1 is 0.717 bits per heavy atom. The van der Waals surface area contributed by atoms with Crippen LogP contribution in [0, 0.1) is 0 Å². The average molecular weight is 835 g/mol. The summed E-state index contributed by atoms with van der Waals surface area (Å²) in [6.07, 6.45) is 0. The van der Waals surface area contributed by atoms with Crippen molar-refractivity contribution in [3.05, 3.63) is 89.4 Å². The zero-order chi connectivity index (χ0) is 35.0. The Balaban J connectivity index is 0.000000308. The topological polar surface area (TPSA) is 252 Å². The van der Waals surface area contributed by atoms with Gasteiger partial charge in [-0.1, -0.05) is 0 Å². The minimum absolute atomic E-state index is 0.230. The van der Waals surface area contributed by atoms with Crippen molar-refractivity contribution in [3.63, 3.8) is 0 Å². The highest BCUT2D eigenvalue weighted by atomic mass is 79.9. The molecule has 4 heterocycles. The summed E-state index contributed by atoms with van der Waals surface area (Å²) in [5.74, 6) is -1.36. The van der Waals surface area contributed by atoms with Gasteiger partial charge in [-0.15, -0.1) is 0 Å². The zero-order valence-corrected chi connectivity index (χ0v) is 29.2. The number of pyridine rings is 4. The summed E-state index contributed by atoms with van der Waals surface area (Å²) in [5.41, 5.74) is 11.1. The molecule has 0 radical (unpaired) electrons. The number of nitrogen functional groups attached to an aromatic ring is 1. The largest absolute Gasteiger partial charge is 0.494 e. The number of anilines is 1. The van der Waals surface area contributed by atoms with Gasteiger partial charge in [-0.25, -0.2) is 24.5 Å². The van der Waals surface area contributed by atoms with Gasteiger partial charge >= 0.3 is 11.9 Å². The molecule has 46 heavy (non-hydrogen) atoms. The van der Waals surface area contributed by atoms with E-state index in [1.54, 1.807) is 25.3 Å². The number of amides is 1. The number of nitrogens with one attached hydrogen (secondary N) is 1. The predicted molar refractivity (Wildman–Crippen MR) is 175 cm³/mol. The van der Waals surface area contributed by atoms with Crippen molar-refractivity contribution in [1.82, 2.24) is 19.9 Å². The third-order valence-corrected chi connectivity index (χ3v) is 5.96. The Bertz CT molecular complexity index is 1700. The minimum Gasteiger partial charge on any atom is -0.494 e. The first-order valence-corrected chi connectivity index (χ1v) is 14.4. The summed E-state index contributed by atoms with van der Waals surface area (Å²) in [6, 6.07) is 11.3. The molecule has 19 heteroatoms. The second-order valence-corrected chi connectivity index (χ2v) is 10.4. The number of halogens is 3. The number of H-pyrrole nitrogens is 1. The summed E-state index contributed by atoms with van der Waals surface area (Å²) in [6.45, 7) is 0. The summed E-state index contributed by atoms with van der Waals surface area (Å²) < 4.78 is 20.9. The van der Waals surface area contributed by atoms with Gasteiger partial charge < -0.3 is 40.6 Å². The third-order valence-electron chi connectivity index (χ3n) is 4.74. The van der Waals surface area contributed by atoms with Crippen LogP contribution in [0.3, 0.4) is 0 Å². The minimum atomic E-state index is -1.24. The molecule has 7 N–H and O–H groups in total. The molecule has 4 aromatic rings. The van der Waals surface area contributed by atoms with Crippen molar-refractivity contribution in [1.29, 1.82) is 0 Å². The second-order valence-electron chi connectivity index (χ2n) is 7.99. The maximum atomic E-state index is 11.1. The quantitative estimate of drug-likeness (QED) is 0.137. The van der Waals surface area contributed by atoms with Gasteiger partial charge in [0.2, 0.25) is 23.5 Å². The van der Waals surface area contributed by atoms with E-state index in [1.165, 1.54) is 39.5 Å². The summed E-state index contributed by atoms with van der Waals surface area (Å²) in [4.78, 5) is 56.5. The van der Waals surface area contributed by atoms with E-state index in [2.05, 4.69) is 67.5 Å². The van der Waals surface area contributed by atoms with Crippen LogP contribution >= 0.6 is 47.8 Å². The summed E-state index contributed by atoms with van der Waals surface area (Å²) in [5, 5.41) is 17.1. The van der Waals surface area contributed by atoms with Crippen molar-refractivity contribution in [2.24, 2.45) is 5.73 Å². The van der Waals surface area contributed by atoms with Crippen molar-refractivity contribution in [3.8, 4) is 23.5 Å². The number of primary amides is 1. The van der Waals surface area contributed by atoms with E-state index in [0.717, 1.165) is 12.1 Å². The standard InChI is InChI=1S/C8H8BrNO3.C7H7BrN2O2.C6H7BrN2O.C6H5NO4/c1-12-7-4-5(8(11)13-2)3-6(9)10-7;1-12-6-3-4(7(9)11)2-5(8)10-6;1-10-6-3-4(8)2-5(7)9-6;8-4-1-3(6(10)11)2-5(9)7-4/h3-4H,1-2H3;2-3H,1H3,(H2,9,11);2-3H,1H3,(H2,8,9);1-2H,(H,10,11)(H2,7,8,9). The Hall–Kier alpha value is -4.75. The molecule has 0 atom stereocenters. The van der Waals surface area contributed by atoms with Crippen LogP contribution in [0.2, 0.25) is 0 Å². The Morgan fingerprint density at radius 2 is 1.17 bits per heavy atom. The van der Waals surface area contributed by atoms with Crippen LogP contribution in [0.15, 0.2) is 67.1 Å². The molecule has 0 aromatic carbocycles. The van der Waals surface area contributed by atoms with Crippen LogP contribution in [0.25, 0.3) is 0 Å². The molecule has 0 aliphatic heterocycles. The lowest BCUT2D eigenvalue weighted by molar-refractivity contribution is 0.0599. The molecule has 16 nitrogen and oxygen atoms in total. The van der Waals surface area contributed by atoms with E-state index in [1.807, 2.05) is 4.98 Å². The molecule has 4 aromatic heterocycles. The first-order chi connectivity index (χ1) is 21.6. The molecule has 4 rings (SSSR count). The number of esters is 1. The smallest absolute Gasteiger partial charge is 0.338 e. The van der Waals surface area contributed by atoms with Crippen LogP contribution in [-0.4, -0.2) is 76.4 Å². The van der Waals surface area contributed by atoms with Crippen LogP contribution in [0.4, 0.5) is 5.69 Å². The number of methoxy groups -OCH3 is 4. The van der Waals surface area contributed by atoms with Gasteiger partial charge in [-0.3, -0.25) is 14.6 Å². The fourth-order valence-corrected chi connectivity index (χ4v) is 4.06. The van der Waals surface area contributed by atoms with E-state index >= 15 is 0 Å². The van der Waals surface area contributed by atoms with E-state index in [4.69, 9.17) is 35.9 Å². The molecule has 0 aliphatic rings. The molecule has 0 bridgehead atoms.